The average Bonchev–Trinajstić information content (AvgIpc) is 2.77. The predicted octanol–water partition coefficient (Wildman–Crippen LogP) is 2.90. The van der Waals surface area contributed by atoms with Crippen LogP contribution in [0.2, 0.25) is 0 Å². The van der Waals surface area contributed by atoms with Crippen molar-refractivity contribution in [2.45, 2.75) is 56.9 Å². The Morgan fingerprint density at radius 3 is 2.81 bits per heavy atom. The van der Waals surface area contributed by atoms with Crippen LogP contribution in [0.4, 0.5) is 5.69 Å². The third-order valence-electron chi connectivity index (χ3n) is 4.88. The maximum atomic E-state index is 12.6. The first kappa shape index (κ1) is 14.9. The maximum absolute atomic E-state index is 12.6. The number of fused-ring (bicyclic) bond motifs is 1. The van der Waals surface area contributed by atoms with E-state index in [1.54, 1.807) is 12.1 Å². The second-order valence-electron chi connectivity index (χ2n) is 6.90. The lowest BCUT2D eigenvalue weighted by molar-refractivity contribution is 0.313. The van der Waals surface area contributed by atoms with Crippen LogP contribution in [-0.4, -0.2) is 21.0 Å². The predicted molar refractivity (Wildman–Crippen MR) is 85.0 cm³/mol. The van der Waals surface area contributed by atoms with Crippen LogP contribution in [0, 0.1) is 5.41 Å². The first-order valence-corrected chi connectivity index (χ1v) is 9.26. The van der Waals surface area contributed by atoms with E-state index in [4.69, 9.17) is 0 Å². The summed E-state index contributed by atoms with van der Waals surface area (Å²) in [5.74, 6) is 0. The highest BCUT2D eigenvalue weighted by molar-refractivity contribution is 7.89. The van der Waals surface area contributed by atoms with Crippen molar-refractivity contribution in [1.82, 2.24) is 4.72 Å². The van der Waals surface area contributed by atoms with Gasteiger partial charge in [0.05, 0.1) is 4.90 Å². The standard InChI is InChI=1S/C16H24N2O2S/c1-16(2)9-3-6-15(16)18-21(19,20)13-8-7-12-5-4-10-17-14(12)11-13/h7-8,11,15,17-18H,3-6,9-10H2,1-2H3. The van der Waals surface area contributed by atoms with Gasteiger partial charge in [-0.2, -0.15) is 0 Å². The minimum absolute atomic E-state index is 0.0338. The molecule has 21 heavy (non-hydrogen) atoms. The number of nitrogens with one attached hydrogen (secondary N) is 2. The molecule has 0 aromatic heterocycles. The summed E-state index contributed by atoms with van der Waals surface area (Å²) in [5, 5.41) is 3.29. The Morgan fingerprint density at radius 2 is 2.10 bits per heavy atom. The molecule has 2 aliphatic rings. The fraction of sp³-hybridized carbons (Fsp3) is 0.625. The molecule has 1 saturated carbocycles. The average molecular weight is 308 g/mol. The number of hydrogen-bond donors (Lipinski definition) is 2. The lowest BCUT2D eigenvalue weighted by atomic mass is 9.88. The molecule has 0 saturated heterocycles. The van der Waals surface area contributed by atoms with Crippen molar-refractivity contribution in [3.63, 3.8) is 0 Å². The zero-order valence-electron chi connectivity index (χ0n) is 12.8. The largest absolute Gasteiger partial charge is 0.385 e. The molecule has 1 fully saturated rings. The molecule has 0 bridgehead atoms. The highest BCUT2D eigenvalue weighted by Crippen LogP contribution is 2.38. The molecule has 2 N–H and O–H groups in total. The third-order valence-corrected chi connectivity index (χ3v) is 6.35. The summed E-state index contributed by atoms with van der Waals surface area (Å²) in [4.78, 5) is 0.373. The lowest BCUT2D eigenvalue weighted by Crippen LogP contribution is -2.41. The molecular formula is C16H24N2O2S. The summed E-state index contributed by atoms with van der Waals surface area (Å²) in [5.41, 5.74) is 2.22. The zero-order chi connectivity index (χ0) is 15.1. The van der Waals surface area contributed by atoms with Gasteiger partial charge in [0.2, 0.25) is 10.0 Å². The number of aryl methyl sites for hydroxylation is 1. The Labute approximate surface area is 127 Å². The van der Waals surface area contributed by atoms with Gasteiger partial charge >= 0.3 is 0 Å². The molecule has 1 heterocycles. The fourth-order valence-electron chi connectivity index (χ4n) is 3.41. The number of benzene rings is 1. The van der Waals surface area contributed by atoms with Gasteiger partial charge in [-0.25, -0.2) is 13.1 Å². The van der Waals surface area contributed by atoms with Gasteiger partial charge in [-0.3, -0.25) is 0 Å². The summed E-state index contributed by atoms with van der Waals surface area (Å²) in [7, 11) is -3.44. The van der Waals surface area contributed by atoms with E-state index < -0.39 is 10.0 Å². The van der Waals surface area contributed by atoms with Gasteiger partial charge in [0, 0.05) is 18.3 Å². The van der Waals surface area contributed by atoms with E-state index in [-0.39, 0.29) is 11.5 Å². The number of sulfonamides is 1. The third kappa shape index (κ3) is 2.94. The van der Waals surface area contributed by atoms with Crippen LogP contribution in [0.5, 0.6) is 0 Å². The maximum Gasteiger partial charge on any atom is 0.240 e. The summed E-state index contributed by atoms with van der Waals surface area (Å²) >= 11 is 0. The molecule has 3 rings (SSSR count). The van der Waals surface area contributed by atoms with Gasteiger partial charge in [-0.15, -0.1) is 0 Å². The van der Waals surface area contributed by atoms with Crippen molar-refractivity contribution in [2.75, 3.05) is 11.9 Å². The number of rotatable bonds is 3. The molecule has 1 aromatic carbocycles. The van der Waals surface area contributed by atoms with Crippen molar-refractivity contribution >= 4 is 15.7 Å². The highest BCUT2D eigenvalue weighted by Gasteiger charge is 2.37. The normalized spacial score (nSPS) is 24.4. The Morgan fingerprint density at radius 1 is 1.29 bits per heavy atom. The van der Waals surface area contributed by atoms with Crippen LogP contribution in [-0.2, 0) is 16.4 Å². The van der Waals surface area contributed by atoms with Crippen molar-refractivity contribution in [3.8, 4) is 0 Å². The molecule has 1 atom stereocenters. The van der Waals surface area contributed by atoms with Gasteiger partial charge in [-0.1, -0.05) is 26.3 Å². The van der Waals surface area contributed by atoms with Gasteiger partial charge in [-0.05, 0) is 48.8 Å². The van der Waals surface area contributed by atoms with E-state index in [9.17, 15) is 8.42 Å². The molecule has 116 valence electrons. The first-order chi connectivity index (χ1) is 9.88. The van der Waals surface area contributed by atoms with E-state index in [0.29, 0.717) is 4.90 Å². The molecule has 1 aromatic rings. The van der Waals surface area contributed by atoms with Gasteiger partial charge in [0.15, 0.2) is 0 Å². The van der Waals surface area contributed by atoms with E-state index in [0.717, 1.165) is 44.3 Å². The minimum Gasteiger partial charge on any atom is -0.385 e. The second-order valence-corrected chi connectivity index (χ2v) is 8.62. The molecular weight excluding hydrogens is 284 g/mol. The van der Waals surface area contributed by atoms with Gasteiger partial charge in [0.1, 0.15) is 0 Å². The first-order valence-electron chi connectivity index (χ1n) is 7.78. The van der Waals surface area contributed by atoms with Crippen molar-refractivity contribution in [2.24, 2.45) is 5.41 Å². The molecule has 1 aliphatic carbocycles. The Balaban J connectivity index is 1.85. The van der Waals surface area contributed by atoms with Gasteiger partial charge < -0.3 is 5.32 Å². The van der Waals surface area contributed by atoms with E-state index in [1.165, 1.54) is 5.56 Å². The van der Waals surface area contributed by atoms with E-state index in [2.05, 4.69) is 23.9 Å². The molecule has 0 amide bonds. The number of hydrogen-bond acceptors (Lipinski definition) is 3. The SMILES string of the molecule is CC1(C)CCCC1NS(=O)(=O)c1ccc2c(c1)NCCC2. The number of anilines is 1. The van der Waals surface area contributed by atoms with Crippen molar-refractivity contribution in [1.29, 1.82) is 0 Å². The monoisotopic (exact) mass is 308 g/mol. The van der Waals surface area contributed by atoms with Crippen molar-refractivity contribution < 1.29 is 8.42 Å². The lowest BCUT2D eigenvalue weighted by Gasteiger charge is -2.28. The molecule has 0 radical (unpaired) electrons. The Hall–Kier alpha value is -1.07. The molecule has 1 aliphatic heterocycles. The van der Waals surface area contributed by atoms with E-state index in [1.807, 2.05) is 6.07 Å². The smallest absolute Gasteiger partial charge is 0.240 e. The van der Waals surface area contributed by atoms with Crippen LogP contribution in [0.15, 0.2) is 23.1 Å². The molecule has 5 heteroatoms. The molecule has 0 spiro atoms. The zero-order valence-corrected chi connectivity index (χ0v) is 13.6. The fourth-order valence-corrected chi connectivity index (χ4v) is 4.88. The minimum atomic E-state index is -3.44. The van der Waals surface area contributed by atoms with Crippen molar-refractivity contribution in [3.05, 3.63) is 23.8 Å². The van der Waals surface area contributed by atoms with Crippen LogP contribution in [0.25, 0.3) is 0 Å². The van der Waals surface area contributed by atoms with Crippen LogP contribution in [0.1, 0.15) is 45.1 Å². The second kappa shape index (κ2) is 5.29. The van der Waals surface area contributed by atoms with E-state index >= 15 is 0 Å². The topological polar surface area (TPSA) is 58.2 Å². The Bertz CT molecular complexity index is 638. The Kier molecular flexibility index (Phi) is 3.74. The summed E-state index contributed by atoms with van der Waals surface area (Å²) < 4.78 is 28.2. The molecule has 1 unspecified atom stereocenters. The van der Waals surface area contributed by atoms with Crippen LogP contribution >= 0.6 is 0 Å². The highest BCUT2D eigenvalue weighted by atomic mass is 32.2. The summed E-state index contributed by atoms with van der Waals surface area (Å²) in [6.45, 7) is 5.20. The van der Waals surface area contributed by atoms with Crippen LogP contribution in [0.3, 0.4) is 0 Å². The quantitative estimate of drug-likeness (QED) is 0.902. The molecule has 4 nitrogen and oxygen atoms in total. The van der Waals surface area contributed by atoms with Crippen LogP contribution < -0.4 is 10.0 Å². The van der Waals surface area contributed by atoms with Gasteiger partial charge in [0.25, 0.3) is 0 Å². The summed E-state index contributed by atoms with van der Waals surface area (Å²) in [6.07, 6.45) is 5.21. The summed E-state index contributed by atoms with van der Waals surface area (Å²) in [6, 6.07) is 5.48.